The van der Waals surface area contributed by atoms with Gasteiger partial charge < -0.3 is 20.1 Å². The number of para-hydroxylation sites is 1. The maximum Gasteiger partial charge on any atom is 0.251 e. The Morgan fingerprint density at radius 3 is 2.26 bits per heavy atom. The second kappa shape index (κ2) is 7.65. The summed E-state index contributed by atoms with van der Waals surface area (Å²) >= 11 is 0. The van der Waals surface area contributed by atoms with E-state index in [2.05, 4.69) is 5.32 Å². The zero-order valence-corrected chi connectivity index (χ0v) is 13.6. The van der Waals surface area contributed by atoms with Gasteiger partial charge in [0.2, 0.25) is 0 Å². The first-order valence-electron chi connectivity index (χ1n) is 7.40. The second-order valence-electron chi connectivity index (χ2n) is 5.22. The topological polar surface area (TPSA) is 61.8 Å². The van der Waals surface area contributed by atoms with Crippen molar-refractivity contribution in [2.75, 3.05) is 26.1 Å². The molecule has 0 heterocycles. The van der Waals surface area contributed by atoms with Crippen LogP contribution in [0.4, 0.5) is 5.69 Å². The van der Waals surface area contributed by atoms with Gasteiger partial charge in [0, 0.05) is 19.8 Å². The van der Waals surface area contributed by atoms with Crippen LogP contribution in [-0.4, -0.2) is 38.3 Å². The van der Waals surface area contributed by atoms with Gasteiger partial charge in [-0.2, -0.15) is 0 Å². The summed E-state index contributed by atoms with van der Waals surface area (Å²) in [5.74, 6) is 0.304. The van der Waals surface area contributed by atoms with Crippen molar-refractivity contribution >= 4 is 11.6 Å². The predicted molar refractivity (Wildman–Crippen MR) is 90.7 cm³/mol. The monoisotopic (exact) mass is 314 g/mol. The molecule has 0 fully saturated rings. The number of nitrogens with one attached hydrogen (secondary N) is 1. The van der Waals surface area contributed by atoms with E-state index in [-0.39, 0.29) is 0 Å². The van der Waals surface area contributed by atoms with Gasteiger partial charge >= 0.3 is 0 Å². The van der Waals surface area contributed by atoms with E-state index >= 15 is 0 Å². The van der Waals surface area contributed by atoms with Crippen molar-refractivity contribution in [1.82, 2.24) is 5.32 Å². The van der Waals surface area contributed by atoms with Crippen LogP contribution in [-0.2, 0) is 4.79 Å². The average Bonchev–Trinajstić information content (AvgIpc) is 2.62. The van der Waals surface area contributed by atoms with Crippen LogP contribution in [0, 0.1) is 0 Å². The lowest BCUT2D eigenvalue weighted by molar-refractivity contribution is -0.129. The third-order valence-corrected chi connectivity index (χ3v) is 3.85. The molecule has 2 unspecified atom stereocenters. The fraction of sp³-hybridized carbons (Fsp3) is 0.278. The molecule has 122 valence electrons. The summed E-state index contributed by atoms with van der Waals surface area (Å²) < 4.78 is 5.17. The number of likely N-dealkylation sites (N-methyl/N-ethyl adjacent to an activating group) is 2. The van der Waals surface area contributed by atoms with E-state index in [1.165, 1.54) is 7.05 Å². The quantitative estimate of drug-likeness (QED) is 0.856. The molecule has 0 aromatic heterocycles. The molecule has 1 amide bonds. The highest BCUT2D eigenvalue weighted by molar-refractivity contribution is 5.82. The Morgan fingerprint density at radius 1 is 1.13 bits per heavy atom. The van der Waals surface area contributed by atoms with Crippen LogP contribution in [0.25, 0.3) is 0 Å². The zero-order chi connectivity index (χ0) is 16.8. The smallest absolute Gasteiger partial charge is 0.251 e. The molecule has 0 aliphatic heterocycles. The number of methoxy groups -OCH3 is 1. The number of aliphatic hydroxyl groups is 1. The number of benzene rings is 2. The lowest BCUT2D eigenvalue weighted by atomic mass is 9.98. The molecule has 2 atom stereocenters. The van der Waals surface area contributed by atoms with Crippen molar-refractivity contribution in [2.45, 2.75) is 12.1 Å². The minimum Gasteiger partial charge on any atom is -0.497 e. The van der Waals surface area contributed by atoms with Crippen molar-refractivity contribution in [1.29, 1.82) is 0 Å². The number of hydrogen-bond acceptors (Lipinski definition) is 4. The maximum absolute atomic E-state index is 12.0. The van der Waals surface area contributed by atoms with Crippen LogP contribution in [0.3, 0.4) is 0 Å². The van der Waals surface area contributed by atoms with E-state index < -0.39 is 18.1 Å². The highest BCUT2D eigenvalue weighted by atomic mass is 16.5. The zero-order valence-electron chi connectivity index (χ0n) is 13.6. The molecule has 2 aromatic carbocycles. The normalized spacial score (nSPS) is 13.0. The molecule has 0 aliphatic rings. The van der Waals surface area contributed by atoms with E-state index in [0.717, 1.165) is 17.0 Å². The molecule has 23 heavy (non-hydrogen) atoms. The Balaban J connectivity index is 2.40. The number of hydrogen-bond donors (Lipinski definition) is 2. The van der Waals surface area contributed by atoms with Gasteiger partial charge in [0.05, 0.1) is 13.2 Å². The Morgan fingerprint density at radius 2 is 1.74 bits per heavy atom. The molecule has 0 saturated carbocycles. The Labute approximate surface area is 136 Å². The first kappa shape index (κ1) is 16.8. The molecule has 0 radical (unpaired) electrons. The van der Waals surface area contributed by atoms with Crippen LogP contribution in [0.2, 0.25) is 0 Å². The minimum atomic E-state index is -1.20. The van der Waals surface area contributed by atoms with Gasteiger partial charge in [-0.15, -0.1) is 0 Å². The fourth-order valence-electron chi connectivity index (χ4n) is 2.53. The molecule has 5 nitrogen and oxygen atoms in total. The molecule has 2 N–H and O–H groups in total. The Hall–Kier alpha value is -2.53. The van der Waals surface area contributed by atoms with Gasteiger partial charge in [0.15, 0.2) is 6.10 Å². The van der Waals surface area contributed by atoms with Gasteiger partial charge in [-0.05, 0) is 29.8 Å². The molecular weight excluding hydrogens is 292 g/mol. The molecule has 0 aliphatic carbocycles. The summed E-state index contributed by atoms with van der Waals surface area (Å²) in [6.45, 7) is 0. The molecule has 2 rings (SSSR count). The third-order valence-electron chi connectivity index (χ3n) is 3.85. The van der Waals surface area contributed by atoms with Gasteiger partial charge in [-0.25, -0.2) is 0 Å². The van der Waals surface area contributed by atoms with E-state index in [0.29, 0.717) is 0 Å². The summed E-state index contributed by atoms with van der Waals surface area (Å²) in [6, 6.07) is 16.5. The van der Waals surface area contributed by atoms with Gasteiger partial charge in [0.1, 0.15) is 5.75 Å². The van der Waals surface area contributed by atoms with Crippen LogP contribution in [0.1, 0.15) is 11.6 Å². The lowest BCUT2D eigenvalue weighted by Crippen LogP contribution is -2.43. The van der Waals surface area contributed by atoms with E-state index in [9.17, 15) is 9.90 Å². The Kier molecular flexibility index (Phi) is 5.60. The van der Waals surface area contributed by atoms with Gasteiger partial charge in [-0.3, -0.25) is 4.79 Å². The largest absolute Gasteiger partial charge is 0.497 e. The number of nitrogens with zero attached hydrogens (tertiary/aromatic N) is 1. The number of anilines is 1. The van der Waals surface area contributed by atoms with Crippen LogP contribution in [0.15, 0.2) is 54.6 Å². The van der Waals surface area contributed by atoms with Crippen molar-refractivity contribution in [2.24, 2.45) is 0 Å². The highest BCUT2D eigenvalue weighted by Crippen LogP contribution is 2.29. The number of ether oxygens (including phenoxy) is 1. The van der Waals surface area contributed by atoms with Crippen LogP contribution in [0.5, 0.6) is 5.75 Å². The average molecular weight is 314 g/mol. The summed E-state index contributed by atoms with van der Waals surface area (Å²) in [5.41, 5.74) is 1.74. The third kappa shape index (κ3) is 3.81. The van der Waals surface area contributed by atoms with Crippen molar-refractivity contribution in [3.63, 3.8) is 0 Å². The van der Waals surface area contributed by atoms with Crippen molar-refractivity contribution < 1.29 is 14.6 Å². The number of carbonyl (C=O) groups is 1. The number of rotatable bonds is 6. The number of amides is 1. The first-order valence-corrected chi connectivity index (χ1v) is 7.40. The van der Waals surface area contributed by atoms with E-state index in [4.69, 9.17) is 4.74 Å². The van der Waals surface area contributed by atoms with Crippen molar-refractivity contribution in [3.05, 3.63) is 60.2 Å². The van der Waals surface area contributed by atoms with Crippen LogP contribution < -0.4 is 15.0 Å². The molecule has 0 bridgehead atoms. The fourth-order valence-corrected chi connectivity index (χ4v) is 2.53. The van der Waals surface area contributed by atoms with E-state index in [1.807, 2.05) is 66.5 Å². The second-order valence-corrected chi connectivity index (χ2v) is 5.22. The minimum absolute atomic E-state index is 0.423. The van der Waals surface area contributed by atoms with Crippen LogP contribution >= 0.6 is 0 Å². The van der Waals surface area contributed by atoms with Gasteiger partial charge in [0.25, 0.3) is 5.91 Å². The Bertz CT molecular complexity index is 628. The lowest BCUT2D eigenvalue weighted by Gasteiger charge is -2.33. The SMILES string of the molecule is CNC(=O)C(O)C(c1ccc(OC)cc1)N(C)c1ccccc1. The van der Waals surface area contributed by atoms with Crippen molar-refractivity contribution in [3.8, 4) is 5.75 Å². The molecular formula is C18H22N2O3. The predicted octanol–water partition coefficient (Wildman–Crippen LogP) is 1.98. The molecule has 0 spiro atoms. The highest BCUT2D eigenvalue weighted by Gasteiger charge is 2.30. The first-order chi connectivity index (χ1) is 11.1. The number of carbonyl (C=O) groups excluding carboxylic acids is 1. The molecule has 2 aromatic rings. The molecule has 5 heteroatoms. The maximum atomic E-state index is 12.0. The summed E-state index contributed by atoms with van der Waals surface area (Å²) in [4.78, 5) is 13.9. The standard InChI is InChI=1S/C18H22N2O3/c1-19-18(22)17(21)16(13-9-11-15(23-3)12-10-13)20(2)14-7-5-4-6-8-14/h4-12,16-17,21H,1-3H3,(H,19,22). The number of aliphatic hydroxyl groups excluding tert-OH is 1. The van der Waals surface area contributed by atoms with E-state index in [1.54, 1.807) is 7.11 Å². The molecule has 0 saturated heterocycles. The summed E-state index contributed by atoms with van der Waals surface area (Å²) in [7, 11) is 4.97. The van der Waals surface area contributed by atoms with Gasteiger partial charge in [-0.1, -0.05) is 30.3 Å². The summed E-state index contributed by atoms with van der Waals surface area (Å²) in [6.07, 6.45) is -1.20. The summed E-state index contributed by atoms with van der Waals surface area (Å²) in [5, 5.41) is 13.0.